The van der Waals surface area contributed by atoms with Crippen molar-refractivity contribution >= 4 is 32.8 Å². The molecule has 7 nitrogen and oxygen atoms in total. The molecular formula is C28H28N6O. The smallest absolute Gasteiger partial charge is 0.323 e. The number of benzene rings is 3. The molecular weight excluding hydrogens is 436 g/mol. The summed E-state index contributed by atoms with van der Waals surface area (Å²) in [4.78, 5) is 24.4. The minimum absolute atomic E-state index is 0.211. The minimum atomic E-state index is -0.211. The fourth-order valence-corrected chi connectivity index (χ4v) is 5.07. The van der Waals surface area contributed by atoms with Crippen LogP contribution in [0.4, 0.5) is 0 Å². The Labute approximate surface area is 202 Å². The molecule has 0 bridgehead atoms. The highest BCUT2D eigenvalue weighted by Gasteiger charge is 2.17. The van der Waals surface area contributed by atoms with Crippen LogP contribution < -0.4 is 5.69 Å². The first-order valence-corrected chi connectivity index (χ1v) is 12.0. The molecule has 0 saturated heterocycles. The Morgan fingerprint density at radius 1 is 0.886 bits per heavy atom. The Kier molecular flexibility index (Phi) is 5.07. The van der Waals surface area contributed by atoms with E-state index in [2.05, 4.69) is 93.6 Å². The number of para-hydroxylation sites is 1. The third-order valence-corrected chi connectivity index (χ3v) is 6.77. The van der Waals surface area contributed by atoms with Gasteiger partial charge in [-0.2, -0.15) is 0 Å². The third kappa shape index (κ3) is 3.56. The van der Waals surface area contributed by atoms with Crippen molar-refractivity contribution in [1.82, 2.24) is 29.0 Å². The second-order valence-corrected chi connectivity index (χ2v) is 9.24. The molecule has 0 amide bonds. The van der Waals surface area contributed by atoms with Gasteiger partial charge in [-0.3, -0.25) is 0 Å². The number of hydrogen-bond acceptors (Lipinski definition) is 3. The summed E-state index contributed by atoms with van der Waals surface area (Å²) in [6.45, 7) is 4.85. The number of nitrogens with zero attached hydrogens (tertiary/aromatic N) is 4. The highest BCUT2D eigenvalue weighted by Crippen LogP contribution is 2.34. The number of fused-ring (bicyclic) bond motifs is 4. The molecule has 0 spiro atoms. The Morgan fingerprint density at radius 2 is 1.66 bits per heavy atom. The Bertz CT molecular complexity index is 1750. The van der Waals surface area contributed by atoms with E-state index >= 15 is 0 Å². The van der Waals surface area contributed by atoms with Crippen LogP contribution in [0, 0.1) is 0 Å². The van der Waals surface area contributed by atoms with Gasteiger partial charge in [-0.25, -0.2) is 9.78 Å². The topological polar surface area (TPSA) is 74.6 Å². The van der Waals surface area contributed by atoms with Crippen LogP contribution in [0.15, 0.2) is 71.7 Å². The van der Waals surface area contributed by atoms with Gasteiger partial charge in [0.05, 0.1) is 16.7 Å². The molecule has 6 aromatic rings. The molecule has 176 valence electrons. The molecule has 0 unspecified atom stereocenters. The van der Waals surface area contributed by atoms with E-state index in [-0.39, 0.29) is 5.69 Å². The molecule has 0 atom stereocenters. The first-order valence-electron chi connectivity index (χ1n) is 12.0. The lowest BCUT2D eigenvalue weighted by molar-refractivity contribution is 0.387. The SMILES string of the molecule is CCn1c2ccccc2c2cc(-c3nc4cc(-c5c[nH]c(=O)[nH]5)ccc4n3CCN(C)C)ccc21. The molecule has 0 radical (unpaired) electrons. The maximum atomic E-state index is 11.6. The fourth-order valence-electron chi connectivity index (χ4n) is 5.07. The Morgan fingerprint density at radius 3 is 2.43 bits per heavy atom. The molecule has 0 fully saturated rings. The summed E-state index contributed by atoms with van der Waals surface area (Å²) in [5, 5.41) is 2.51. The highest BCUT2D eigenvalue weighted by atomic mass is 16.1. The molecule has 0 aliphatic carbocycles. The zero-order chi connectivity index (χ0) is 24.1. The molecule has 35 heavy (non-hydrogen) atoms. The third-order valence-electron chi connectivity index (χ3n) is 6.77. The summed E-state index contributed by atoms with van der Waals surface area (Å²) in [7, 11) is 4.18. The number of hydrogen-bond donors (Lipinski definition) is 2. The van der Waals surface area contributed by atoms with E-state index in [4.69, 9.17) is 4.98 Å². The molecule has 2 N–H and O–H groups in total. The van der Waals surface area contributed by atoms with Gasteiger partial charge in [-0.15, -0.1) is 0 Å². The highest BCUT2D eigenvalue weighted by molar-refractivity contribution is 6.09. The molecule has 3 heterocycles. The van der Waals surface area contributed by atoms with Crippen molar-refractivity contribution in [2.24, 2.45) is 0 Å². The predicted molar refractivity (Wildman–Crippen MR) is 143 cm³/mol. The van der Waals surface area contributed by atoms with Gasteiger partial charge in [0.15, 0.2) is 0 Å². The van der Waals surface area contributed by atoms with Gasteiger partial charge in [0.1, 0.15) is 5.82 Å². The first-order chi connectivity index (χ1) is 17.0. The van der Waals surface area contributed by atoms with Crippen LogP contribution in [0.5, 0.6) is 0 Å². The predicted octanol–water partition coefficient (Wildman–Crippen LogP) is 5.08. The van der Waals surface area contributed by atoms with Gasteiger partial charge in [0, 0.05) is 58.8 Å². The van der Waals surface area contributed by atoms with Crippen molar-refractivity contribution < 1.29 is 0 Å². The van der Waals surface area contributed by atoms with Crippen LogP contribution in [0.25, 0.3) is 55.5 Å². The molecule has 3 aromatic carbocycles. The summed E-state index contributed by atoms with van der Waals surface area (Å²) < 4.78 is 4.67. The number of likely N-dealkylation sites (N-methyl/N-ethyl adjacent to an activating group) is 1. The Balaban J connectivity index is 1.56. The van der Waals surface area contributed by atoms with Crippen LogP contribution in [-0.2, 0) is 13.1 Å². The monoisotopic (exact) mass is 464 g/mol. The van der Waals surface area contributed by atoms with Crippen LogP contribution in [0.3, 0.4) is 0 Å². The molecule has 3 aromatic heterocycles. The number of aromatic nitrogens is 5. The second-order valence-electron chi connectivity index (χ2n) is 9.24. The van der Waals surface area contributed by atoms with Gasteiger partial charge in [0.25, 0.3) is 0 Å². The first kappa shape index (κ1) is 21.4. The van der Waals surface area contributed by atoms with Crippen molar-refractivity contribution in [3.63, 3.8) is 0 Å². The van der Waals surface area contributed by atoms with E-state index in [0.29, 0.717) is 0 Å². The second kappa shape index (κ2) is 8.29. The lowest BCUT2D eigenvalue weighted by Crippen LogP contribution is -2.18. The summed E-state index contributed by atoms with van der Waals surface area (Å²) >= 11 is 0. The van der Waals surface area contributed by atoms with Crippen LogP contribution in [0.2, 0.25) is 0 Å². The van der Waals surface area contributed by atoms with Crippen LogP contribution in [0.1, 0.15) is 6.92 Å². The standard InChI is InChI=1S/C28H28N6O/c1-4-33-24-8-6-5-7-20(24)21-15-19(10-11-25(21)33)27-30-22-16-18(23-17-29-28(35)31-23)9-12-26(22)34(27)14-13-32(2)3/h5-12,15-17H,4,13-14H2,1-3H3,(H2,29,31,35). The lowest BCUT2D eigenvalue weighted by atomic mass is 10.1. The van der Waals surface area contributed by atoms with Crippen molar-refractivity contribution in [2.45, 2.75) is 20.0 Å². The maximum Gasteiger partial charge on any atom is 0.323 e. The van der Waals surface area contributed by atoms with E-state index in [9.17, 15) is 4.79 Å². The minimum Gasteiger partial charge on any atom is -0.341 e. The number of aryl methyl sites for hydroxylation is 1. The number of imidazole rings is 2. The van der Waals surface area contributed by atoms with Gasteiger partial charge in [-0.05, 0) is 57.4 Å². The number of rotatable bonds is 6. The van der Waals surface area contributed by atoms with E-state index in [1.54, 1.807) is 6.20 Å². The molecule has 7 heteroatoms. The van der Waals surface area contributed by atoms with Crippen LogP contribution in [-0.4, -0.2) is 49.6 Å². The lowest BCUT2D eigenvalue weighted by Gasteiger charge is -2.14. The summed E-state index contributed by atoms with van der Waals surface area (Å²) in [6.07, 6.45) is 1.70. The summed E-state index contributed by atoms with van der Waals surface area (Å²) in [5.74, 6) is 0.955. The van der Waals surface area contributed by atoms with E-state index in [1.165, 1.54) is 21.8 Å². The quantitative estimate of drug-likeness (QED) is 0.361. The average molecular weight is 465 g/mol. The molecule has 0 saturated carbocycles. The number of nitrogens with one attached hydrogen (secondary N) is 2. The van der Waals surface area contributed by atoms with Gasteiger partial charge >= 0.3 is 5.69 Å². The Hall–Kier alpha value is -4.10. The molecule has 0 aliphatic rings. The van der Waals surface area contributed by atoms with Crippen molar-refractivity contribution in [3.8, 4) is 22.6 Å². The average Bonchev–Trinajstić information content (AvgIpc) is 3.55. The summed E-state index contributed by atoms with van der Waals surface area (Å²) in [5.41, 5.74) is 7.07. The van der Waals surface area contributed by atoms with Crippen molar-refractivity contribution in [3.05, 3.63) is 77.3 Å². The largest absolute Gasteiger partial charge is 0.341 e. The van der Waals surface area contributed by atoms with E-state index < -0.39 is 0 Å². The fraction of sp³-hybridized carbons (Fsp3) is 0.214. The zero-order valence-electron chi connectivity index (χ0n) is 20.2. The van der Waals surface area contributed by atoms with Crippen LogP contribution >= 0.6 is 0 Å². The molecule has 0 aliphatic heterocycles. The van der Waals surface area contributed by atoms with E-state index in [1.807, 2.05) is 12.1 Å². The van der Waals surface area contributed by atoms with Gasteiger partial charge in [0.2, 0.25) is 0 Å². The normalized spacial score (nSPS) is 12.0. The van der Waals surface area contributed by atoms with Crippen molar-refractivity contribution in [1.29, 1.82) is 0 Å². The maximum absolute atomic E-state index is 11.6. The van der Waals surface area contributed by atoms with E-state index in [0.717, 1.165) is 53.3 Å². The zero-order valence-corrected chi connectivity index (χ0v) is 20.2. The van der Waals surface area contributed by atoms with Gasteiger partial charge in [-0.1, -0.05) is 24.3 Å². The summed E-state index contributed by atoms with van der Waals surface area (Å²) in [6, 6.07) is 21.5. The van der Waals surface area contributed by atoms with Crippen molar-refractivity contribution in [2.75, 3.05) is 20.6 Å². The number of aromatic amines is 2. The number of H-pyrrole nitrogens is 2. The molecule has 6 rings (SSSR count). The van der Waals surface area contributed by atoms with Gasteiger partial charge < -0.3 is 24.0 Å².